The molecule has 0 fully saturated rings. The number of anilines is 1. The van der Waals surface area contributed by atoms with E-state index in [1.54, 1.807) is 0 Å². The van der Waals surface area contributed by atoms with Crippen molar-refractivity contribution in [1.82, 2.24) is 0 Å². The van der Waals surface area contributed by atoms with Gasteiger partial charge in [0.1, 0.15) is 0 Å². The second kappa shape index (κ2) is 6.79. The summed E-state index contributed by atoms with van der Waals surface area (Å²) in [6, 6.07) is 5.84. The highest BCUT2D eigenvalue weighted by molar-refractivity contribution is 6.33. The summed E-state index contributed by atoms with van der Waals surface area (Å²) in [4.78, 5) is 0. The molecule has 0 radical (unpaired) electrons. The van der Waals surface area contributed by atoms with Crippen LogP contribution < -0.4 is 5.32 Å². The maximum absolute atomic E-state index is 5.87. The number of nitrogens with one attached hydrogen (secondary N) is 1. The van der Waals surface area contributed by atoms with E-state index in [4.69, 9.17) is 11.6 Å². The maximum atomic E-state index is 5.87. The standard InChI is InChI=1S/C8H10ClN.C3H8/c1-6-4-3-5-7(9)8(6)10-2;1-3-2/h3-5,10H,1-2H3;3H2,1-2H3. The van der Waals surface area contributed by atoms with Crippen molar-refractivity contribution in [2.45, 2.75) is 27.2 Å². The summed E-state index contributed by atoms with van der Waals surface area (Å²) in [6.45, 7) is 6.28. The number of hydrogen-bond donors (Lipinski definition) is 1. The SMILES string of the molecule is CCC.CNc1c(C)cccc1Cl. The van der Waals surface area contributed by atoms with Crippen LogP contribution in [-0.4, -0.2) is 7.05 Å². The van der Waals surface area contributed by atoms with Crippen molar-refractivity contribution in [1.29, 1.82) is 0 Å². The molecule has 1 N–H and O–H groups in total. The van der Waals surface area contributed by atoms with Crippen LogP contribution in [0.3, 0.4) is 0 Å². The summed E-state index contributed by atoms with van der Waals surface area (Å²) in [5.74, 6) is 0. The Kier molecular flexibility index (Phi) is 6.43. The molecule has 1 rings (SSSR count). The quantitative estimate of drug-likeness (QED) is 0.718. The van der Waals surface area contributed by atoms with Crippen LogP contribution >= 0.6 is 11.6 Å². The van der Waals surface area contributed by atoms with Crippen LogP contribution in [0.2, 0.25) is 5.02 Å². The van der Waals surface area contributed by atoms with Crippen molar-refractivity contribution in [2.75, 3.05) is 12.4 Å². The van der Waals surface area contributed by atoms with Crippen LogP contribution in [0, 0.1) is 6.92 Å². The van der Waals surface area contributed by atoms with Crippen LogP contribution in [0.15, 0.2) is 18.2 Å². The fourth-order valence-corrected chi connectivity index (χ4v) is 1.26. The van der Waals surface area contributed by atoms with Gasteiger partial charge < -0.3 is 5.32 Å². The van der Waals surface area contributed by atoms with E-state index in [9.17, 15) is 0 Å². The van der Waals surface area contributed by atoms with E-state index < -0.39 is 0 Å². The molecule has 0 atom stereocenters. The summed E-state index contributed by atoms with van der Waals surface area (Å²) in [7, 11) is 1.87. The van der Waals surface area contributed by atoms with Gasteiger partial charge in [0.15, 0.2) is 0 Å². The highest BCUT2D eigenvalue weighted by Gasteiger charge is 1.98. The molecule has 74 valence electrons. The number of para-hydroxylation sites is 1. The van der Waals surface area contributed by atoms with Gasteiger partial charge in [0, 0.05) is 7.05 Å². The lowest BCUT2D eigenvalue weighted by molar-refractivity contribution is 1.09. The second-order valence-electron chi connectivity index (χ2n) is 2.89. The van der Waals surface area contributed by atoms with E-state index in [0.29, 0.717) is 0 Å². The zero-order valence-electron chi connectivity index (χ0n) is 8.82. The van der Waals surface area contributed by atoms with Crippen molar-refractivity contribution in [3.05, 3.63) is 28.8 Å². The normalized spacial score (nSPS) is 8.69. The Morgan fingerprint density at radius 3 is 2.15 bits per heavy atom. The molecule has 1 aromatic rings. The number of benzene rings is 1. The molecule has 0 aromatic heterocycles. The Bertz CT molecular complexity index is 226. The molecule has 0 saturated carbocycles. The Morgan fingerprint density at radius 1 is 1.31 bits per heavy atom. The number of aryl methyl sites for hydroxylation is 1. The predicted octanol–water partition coefficient (Wildman–Crippen LogP) is 4.11. The van der Waals surface area contributed by atoms with E-state index in [1.165, 1.54) is 12.0 Å². The van der Waals surface area contributed by atoms with E-state index in [2.05, 4.69) is 19.2 Å². The van der Waals surface area contributed by atoms with E-state index in [0.717, 1.165) is 10.7 Å². The Hall–Kier alpha value is -0.690. The molecular formula is C11H18ClN. The summed E-state index contributed by atoms with van der Waals surface area (Å²) < 4.78 is 0. The minimum atomic E-state index is 0.780. The molecule has 0 aliphatic rings. The lowest BCUT2D eigenvalue weighted by Crippen LogP contribution is -1.91. The molecule has 13 heavy (non-hydrogen) atoms. The molecule has 1 aromatic carbocycles. The molecule has 0 aliphatic heterocycles. The molecule has 0 amide bonds. The van der Waals surface area contributed by atoms with Gasteiger partial charge in [-0.2, -0.15) is 0 Å². The zero-order valence-corrected chi connectivity index (χ0v) is 9.57. The number of halogens is 1. The van der Waals surface area contributed by atoms with Gasteiger partial charge >= 0.3 is 0 Å². The topological polar surface area (TPSA) is 12.0 Å². The first-order chi connectivity index (χ1) is 6.17. The molecule has 1 nitrogen and oxygen atoms in total. The van der Waals surface area contributed by atoms with Gasteiger partial charge in [-0.05, 0) is 18.6 Å². The van der Waals surface area contributed by atoms with Gasteiger partial charge in [0.2, 0.25) is 0 Å². The lowest BCUT2D eigenvalue weighted by Gasteiger charge is -2.05. The predicted molar refractivity (Wildman–Crippen MR) is 61.7 cm³/mol. The fourth-order valence-electron chi connectivity index (χ4n) is 0.949. The van der Waals surface area contributed by atoms with Gasteiger partial charge in [0.05, 0.1) is 10.7 Å². The van der Waals surface area contributed by atoms with Gasteiger partial charge in [0.25, 0.3) is 0 Å². The van der Waals surface area contributed by atoms with Crippen LogP contribution in [0.5, 0.6) is 0 Å². The van der Waals surface area contributed by atoms with Gasteiger partial charge in [-0.15, -0.1) is 0 Å². The minimum Gasteiger partial charge on any atom is -0.387 e. The highest BCUT2D eigenvalue weighted by atomic mass is 35.5. The van der Waals surface area contributed by atoms with E-state index in [1.807, 2.05) is 32.2 Å². The molecule has 2 heteroatoms. The Morgan fingerprint density at radius 2 is 1.85 bits per heavy atom. The maximum Gasteiger partial charge on any atom is 0.0640 e. The highest BCUT2D eigenvalue weighted by Crippen LogP contribution is 2.23. The van der Waals surface area contributed by atoms with Crippen LogP contribution in [-0.2, 0) is 0 Å². The smallest absolute Gasteiger partial charge is 0.0640 e. The molecule has 0 aliphatic carbocycles. The molecule has 0 bridgehead atoms. The van der Waals surface area contributed by atoms with E-state index in [-0.39, 0.29) is 0 Å². The Labute approximate surface area is 86.1 Å². The van der Waals surface area contributed by atoms with Crippen molar-refractivity contribution >= 4 is 17.3 Å². The average Bonchev–Trinajstić information content (AvgIpc) is 2.06. The van der Waals surface area contributed by atoms with Gasteiger partial charge in [-0.1, -0.05) is 44.0 Å². The molecule has 0 heterocycles. The lowest BCUT2D eigenvalue weighted by atomic mass is 10.2. The first-order valence-electron chi connectivity index (χ1n) is 4.60. The second-order valence-corrected chi connectivity index (χ2v) is 3.30. The largest absolute Gasteiger partial charge is 0.387 e. The first-order valence-corrected chi connectivity index (χ1v) is 4.98. The summed E-state index contributed by atoms with van der Waals surface area (Å²) in [6.07, 6.45) is 1.25. The van der Waals surface area contributed by atoms with Crippen molar-refractivity contribution in [2.24, 2.45) is 0 Å². The summed E-state index contributed by atoms with van der Waals surface area (Å²) in [5.41, 5.74) is 2.19. The minimum absolute atomic E-state index is 0.780. The molecule has 0 saturated heterocycles. The molecular weight excluding hydrogens is 182 g/mol. The monoisotopic (exact) mass is 199 g/mol. The first kappa shape index (κ1) is 12.3. The molecule has 0 unspecified atom stereocenters. The van der Waals surface area contributed by atoms with Gasteiger partial charge in [-0.3, -0.25) is 0 Å². The third-order valence-corrected chi connectivity index (χ3v) is 1.79. The van der Waals surface area contributed by atoms with E-state index >= 15 is 0 Å². The van der Waals surface area contributed by atoms with Crippen LogP contribution in [0.25, 0.3) is 0 Å². The number of hydrogen-bond acceptors (Lipinski definition) is 1. The van der Waals surface area contributed by atoms with Crippen molar-refractivity contribution < 1.29 is 0 Å². The average molecular weight is 200 g/mol. The van der Waals surface area contributed by atoms with Gasteiger partial charge in [-0.25, -0.2) is 0 Å². The van der Waals surface area contributed by atoms with Crippen LogP contribution in [0.1, 0.15) is 25.8 Å². The summed E-state index contributed by atoms with van der Waals surface area (Å²) in [5, 5.41) is 3.81. The number of rotatable bonds is 1. The third-order valence-electron chi connectivity index (χ3n) is 1.47. The van der Waals surface area contributed by atoms with Crippen molar-refractivity contribution in [3.63, 3.8) is 0 Å². The Balaban J connectivity index is 0.000000424. The molecule has 0 spiro atoms. The van der Waals surface area contributed by atoms with Crippen molar-refractivity contribution in [3.8, 4) is 0 Å². The fraction of sp³-hybridized carbons (Fsp3) is 0.455. The summed E-state index contributed by atoms with van der Waals surface area (Å²) >= 11 is 5.87. The van der Waals surface area contributed by atoms with Crippen LogP contribution in [0.4, 0.5) is 5.69 Å². The third kappa shape index (κ3) is 4.18. The zero-order chi connectivity index (χ0) is 10.3.